The summed E-state index contributed by atoms with van der Waals surface area (Å²) in [4.78, 5) is 28.3. The smallest absolute Gasteiger partial charge is 0.295 e. The first-order valence-corrected chi connectivity index (χ1v) is 12.5. The lowest BCUT2D eigenvalue weighted by molar-refractivity contribution is -0.140. The molecule has 0 radical (unpaired) electrons. The zero-order valence-corrected chi connectivity index (χ0v) is 22.7. The van der Waals surface area contributed by atoms with E-state index >= 15 is 0 Å². The SMILES string of the molecule is COc1ccc(C2/C(=C(\O)c3cc(C)cc(Cl)c3OC)C(=O)C(=O)N2Cc2ccc(OC(C)C)cc2)cc1. The van der Waals surface area contributed by atoms with Crippen LogP contribution in [0.15, 0.2) is 66.2 Å². The molecule has 1 fully saturated rings. The number of ketones is 1. The molecule has 1 saturated heterocycles. The van der Waals surface area contributed by atoms with E-state index < -0.39 is 17.7 Å². The molecule has 7 nitrogen and oxygen atoms in total. The van der Waals surface area contributed by atoms with E-state index in [0.717, 1.165) is 11.1 Å². The maximum Gasteiger partial charge on any atom is 0.295 e. The third-order valence-corrected chi connectivity index (χ3v) is 6.55. The third kappa shape index (κ3) is 5.34. The lowest BCUT2D eigenvalue weighted by Crippen LogP contribution is -2.29. The summed E-state index contributed by atoms with van der Waals surface area (Å²) in [6, 6.07) is 16.9. The summed E-state index contributed by atoms with van der Waals surface area (Å²) in [7, 11) is 2.99. The predicted molar refractivity (Wildman–Crippen MR) is 146 cm³/mol. The number of likely N-dealkylation sites (tertiary alicyclic amines) is 1. The molecule has 3 aromatic carbocycles. The maximum atomic E-state index is 13.4. The quantitative estimate of drug-likeness (QED) is 0.214. The van der Waals surface area contributed by atoms with Crippen molar-refractivity contribution in [1.29, 1.82) is 0 Å². The second-order valence-electron chi connectivity index (χ2n) is 9.34. The van der Waals surface area contributed by atoms with Gasteiger partial charge in [-0.2, -0.15) is 0 Å². The van der Waals surface area contributed by atoms with Crippen LogP contribution in [0, 0.1) is 6.92 Å². The van der Waals surface area contributed by atoms with Crippen LogP contribution in [-0.2, 0) is 16.1 Å². The van der Waals surface area contributed by atoms with Gasteiger partial charge in [-0.1, -0.05) is 35.9 Å². The number of aryl methyl sites for hydroxylation is 1. The van der Waals surface area contributed by atoms with Crippen molar-refractivity contribution in [3.05, 3.63) is 93.5 Å². The minimum Gasteiger partial charge on any atom is -0.507 e. The van der Waals surface area contributed by atoms with Crippen molar-refractivity contribution < 1.29 is 28.9 Å². The van der Waals surface area contributed by atoms with Gasteiger partial charge in [-0.25, -0.2) is 0 Å². The van der Waals surface area contributed by atoms with Crippen molar-refractivity contribution in [3.63, 3.8) is 0 Å². The molecule has 8 heteroatoms. The van der Waals surface area contributed by atoms with E-state index in [1.54, 1.807) is 43.5 Å². The first-order chi connectivity index (χ1) is 18.1. The number of hydrogen-bond acceptors (Lipinski definition) is 6. The Kier molecular flexibility index (Phi) is 7.97. The molecule has 0 aliphatic carbocycles. The number of carbonyl (C=O) groups excluding carboxylic acids is 2. The number of halogens is 1. The van der Waals surface area contributed by atoms with Crippen LogP contribution in [-0.4, -0.2) is 42.0 Å². The number of methoxy groups -OCH3 is 2. The monoisotopic (exact) mass is 535 g/mol. The summed E-state index contributed by atoms with van der Waals surface area (Å²) in [5, 5.41) is 11.8. The first-order valence-electron chi connectivity index (χ1n) is 12.2. The van der Waals surface area contributed by atoms with Gasteiger partial charge in [0, 0.05) is 6.54 Å². The van der Waals surface area contributed by atoms with Gasteiger partial charge < -0.3 is 24.2 Å². The van der Waals surface area contributed by atoms with Crippen molar-refractivity contribution in [1.82, 2.24) is 4.90 Å². The molecule has 0 bridgehead atoms. The summed E-state index contributed by atoms with van der Waals surface area (Å²) in [5.41, 5.74) is 2.40. The minimum absolute atomic E-state index is 0.0286. The molecule has 38 heavy (non-hydrogen) atoms. The van der Waals surface area contributed by atoms with Crippen LogP contribution in [0.1, 0.15) is 42.1 Å². The topological polar surface area (TPSA) is 85.3 Å². The van der Waals surface area contributed by atoms with Gasteiger partial charge in [0.1, 0.15) is 23.0 Å². The lowest BCUT2D eigenvalue weighted by atomic mass is 9.94. The number of ether oxygens (including phenoxy) is 3. The molecule has 1 heterocycles. The van der Waals surface area contributed by atoms with Crippen molar-refractivity contribution >= 4 is 29.1 Å². The summed E-state index contributed by atoms with van der Waals surface area (Å²) >= 11 is 6.37. The van der Waals surface area contributed by atoms with E-state index in [1.165, 1.54) is 12.0 Å². The highest BCUT2D eigenvalue weighted by Crippen LogP contribution is 2.43. The number of nitrogens with zero attached hydrogens (tertiary/aromatic N) is 1. The van der Waals surface area contributed by atoms with E-state index in [0.29, 0.717) is 17.1 Å². The van der Waals surface area contributed by atoms with Crippen LogP contribution >= 0.6 is 11.6 Å². The van der Waals surface area contributed by atoms with E-state index in [4.69, 9.17) is 25.8 Å². The van der Waals surface area contributed by atoms with Crippen LogP contribution in [0.25, 0.3) is 5.76 Å². The molecule has 0 spiro atoms. The average molecular weight is 536 g/mol. The Hall–Kier alpha value is -3.97. The van der Waals surface area contributed by atoms with Gasteiger partial charge >= 0.3 is 0 Å². The zero-order chi connectivity index (χ0) is 27.6. The number of aliphatic hydroxyl groups excluding tert-OH is 1. The predicted octanol–water partition coefficient (Wildman–Crippen LogP) is 6.07. The van der Waals surface area contributed by atoms with Crippen LogP contribution in [0.3, 0.4) is 0 Å². The second-order valence-corrected chi connectivity index (χ2v) is 9.75. The van der Waals surface area contributed by atoms with Gasteiger partial charge in [0.05, 0.1) is 42.5 Å². The van der Waals surface area contributed by atoms with Gasteiger partial charge in [-0.05, 0) is 73.9 Å². The second kappa shape index (κ2) is 11.2. The summed E-state index contributed by atoms with van der Waals surface area (Å²) < 4.78 is 16.4. The molecule has 3 aromatic rings. The molecule has 1 N–H and O–H groups in total. The summed E-state index contributed by atoms with van der Waals surface area (Å²) in [6.45, 7) is 5.84. The fourth-order valence-electron chi connectivity index (χ4n) is 4.58. The normalized spacial score (nSPS) is 16.7. The first kappa shape index (κ1) is 27.1. The minimum atomic E-state index is -0.850. The van der Waals surface area contributed by atoms with E-state index in [2.05, 4.69) is 0 Å². The van der Waals surface area contributed by atoms with Crippen molar-refractivity contribution in [2.75, 3.05) is 14.2 Å². The average Bonchev–Trinajstić information content (AvgIpc) is 3.13. The fraction of sp³-hybridized carbons (Fsp3) is 0.267. The largest absolute Gasteiger partial charge is 0.507 e. The highest BCUT2D eigenvalue weighted by Gasteiger charge is 2.46. The van der Waals surface area contributed by atoms with Gasteiger partial charge in [-0.15, -0.1) is 0 Å². The molecule has 1 amide bonds. The van der Waals surface area contributed by atoms with E-state index in [9.17, 15) is 14.7 Å². The number of benzene rings is 3. The molecular formula is C30H30ClNO6. The van der Waals surface area contributed by atoms with Crippen molar-refractivity contribution in [2.24, 2.45) is 0 Å². The Morgan fingerprint density at radius 1 is 0.974 bits per heavy atom. The van der Waals surface area contributed by atoms with Crippen LogP contribution in [0.2, 0.25) is 5.02 Å². The molecule has 1 unspecified atom stereocenters. The zero-order valence-electron chi connectivity index (χ0n) is 21.9. The molecule has 0 saturated carbocycles. The van der Waals surface area contributed by atoms with Gasteiger partial charge in [0.25, 0.3) is 11.7 Å². The van der Waals surface area contributed by atoms with Gasteiger partial charge in [-0.3, -0.25) is 9.59 Å². The molecular weight excluding hydrogens is 506 g/mol. The standard InChI is InChI=1S/C30H30ClNO6/c1-17(2)38-22-10-6-19(7-11-22)16-32-26(20-8-12-21(36-4)13-9-20)25(28(34)30(32)35)27(33)23-14-18(3)15-24(31)29(23)37-5/h6-15,17,26,33H,16H2,1-5H3/b27-25+. The Morgan fingerprint density at radius 2 is 1.61 bits per heavy atom. The molecule has 4 rings (SSSR count). The molecule has 0 aromatic heterocycles. The molecule has 1 aliphatic heterocycles. The Labute approximate surface area is 227 Å². The number of rotatable bonds is 8. The third-order valence-electron chi connectivity index (χ3n) is 6.27. The van der Waals surface area contributed by atoms with Crippen molar-refractivity contribution in [3.8, 4) is 17.2 Å². The highest BCUT2D eigenvalue weighted by atomic mass is 35.5. The number of Topliss-reactive ketones (excluding diaryl/α,β-unsaturated/α-hetero) is 1. The number of carbonyl (C=O) groups is 2. The highest BCUT2D eigenvalue weighted by molar-refractivity contribution is 6.46. The molecule has 1 aliphatic rings. The van der Waals surface area contributed by atoms with Gasteiger partial charge in [0.2, 0.25) is 0 Å². The Balaban J connectivity index is 1.84. The van der Waals surface area contributed by atoms with Gasteiger partial charge in [0.15, 0.2) is 0 Å². The number of hydrogen-bond donors (Lipinski definition) is 1. The Morgan fingerprint density at radius 3 is 2.18 bits per heavy atom. The number of aliphatic hydroxyl groups is 1. The summed E-state index contributed by atoms with van der Waals surface area (Å²) in [6.07, 6.45) is 0.0286. The summed E-state index contributed by atoms with van der Waals surface area (Å²) in [5.74, 6) is -0.306. The van der Waals surface area contributed by atoms with Crippen LogP contribution in [0.5, 0.6) is 17.2 Å². The van der Waals surface area contributed by atoms with Crippen molar-refractivity contribution in [2.45, 2.75) is 39.5 Å². The van der Waals surface area contributed by atoms with Crippen LogP contribution in [0.4, 0.5) is 0 Å². The van der Waals surface area contributed by atoms with E-state index in [-0.39, 0.29) is 40.3 Å². The van der Waals surface area contributed by atoms with E-state index in [1.807, 2.05) is 45.0 Å². The Bertz CT molecular complexity index is 1380. The number of amides is 1. The fourth-order valence-corrected chi connectivity index (χ4v) is 4.93. The van der Waals surface area contributed by atoms with Crippen LogP contribution < -0.4 is 14.2 Å². The lowest BCUT2D eigenvalue weighted by Gasteiger charge is -2.26. The molecule has 1 atom stereocenters. The maximum absolute atomic E-state index is 13.4. The molecule has 198 valence electrons.